The lowest BCUT2D eigenvalue weighted by molar-refractivity contribution is -0.148. The highest BCUT2D eigenvalue weighted by atomic mass is 16.4. The predicted octanol–water partition coefficient (Wildman–Crippen LogP) is 0.875. The Hall–Kier alpha value is -1.10. The van der Waals surface area contributed by atoms with Gasteiger partial charge in [0.25, 0.3) is 0 Å². The first-order chi connectivity index (χ1) is 7.75. The quantitative estimate of drug-likeness (QED) is 0.667. The number of amides is 1. The summed E-state index contributed by atoms with van der Waals surface area (Å²) in [4.78, 5) is 22.8. The number of hydrogen-bond acceptors (Lipinski definition) is 3. The number of aliphatic carboxylic acids is 1. The van der Waals surface area contributed by atoms with Crippen molar-refractivity contribution in [1.29, 1.82) is 0 Å². The first-order valence-electron chi connectivity index (χ1n) is 6.04. The average molecular weight is 242 g/mol. The van der Waals surface area contributed by atoms with Crippen molar-refractivity contribution in [3.05, 3.63) is 0 Å². The molecule has 0 aromatic rings. The third-order valence-electron chi connectivity index (χ3n) is 3.25. The number of carbonyl (C=O) groups is 2. The summed E-state index contributed by atoms with van der Waals surface area (Å²) in [7, 11) is 0. The molecule has 0 unspecified atom stereocenters. The van der Waals surface area contributed by atoms with Crippen molar-refractivity contribution in [2.45, 2.75) is 51.5 Å². The van der Waals surface area contributed by atoms with E-state index in [1.165, 1.54) is 0 Å². The first-order valence-corrected chi connectivity index (χ1v) is 6.04. The van der Waals surface area contributed by atoms with E-state index in [0.717, 1.165) is 12.8 Å². The van der Waals surface area contributed by atoms with E-state index in [0.29, 0.717) is 12.8 Å². The van der Waals surface area contributed by atoms with Crippen molar-refractivity contribution < 1.29 is 14.7 Å². The summed E-state index contributed by atoms with van der Waals surface area (Å²) >= 11 is 0. The molecule has 1 aliphatic rings. The van der Waals surface area contributed by atoms with Crippen molar-refractivity contribution in [2.24, 2.45) is 11.1 Å². The summed E-state index contributed by atoms with van der Waals surface area (Å²) in [6, 6.07) is 0. The molecule has 1 fully saturated rings. The minimum absolute atomic E-state index is 0.176. The lowest BCUT2D eigenvalue weighted by Crippen LogP contribution is -2.44. The van der Waals surface area contributed by atoms with Crippen LogP contribution in [0.1, 0.15) is 46.0 Å². The largest absolute Gasteiger partial charge is 0.481 e. The topological polar surface area (TPSA) is 92.4 Å². The Morgan fingerprint density at radius 3 is 2.29 bits per heavy atom. The van der Waals surface area contributed by atoms with Gasteiger partial charge in [0.15, 0.2) is 0 Å². The first kappa shape index (κ1) is 14.0. The Morgan fingerprint density at radius 2 is 1.88 bits per heavy atom. The molecule has 0 atom stereocenters. The van der Waals surface area contributed by atoms with Gasteiger partial charge in [-0.15, -0.1) is 0 Å². The van der Waals surface area contributed by atoms with E-state index in [9.17, 15) is 14.7 Å². The van der Waals surface area contributed by atoms with Crippen molar-refractivity contribution in [3.8, 4) is 0 Å². The summed E-state index contributed by atoms with van der Waals surface area (Å²) in [5.41, 5.74) is 4.42. The van der Waals surface area contributed by atoms with Gasteiger partial charge in [-0.2, -0.15) is 0 Å². The molecule has 5 heteroatoms. The third kappa shape index (κ3) is 4.00. The summed E-state index contributed by atoms with van der Waals surface area (Å²) in [6.07, 6.45) is 3.35. The van der Waals surface area contributed by atoms with Crippen LogP contribution in [0.25, 0.3) is 0 Å². The van der Waals surface area contributed by atoms with Crippen LogP contribution < -0.4 is 11.1 Å². The second-order valence-electron chi connectivity index (χ2n) is 5.73. The van der Waals surface area contributed by atoms with Crippen molar-refractivity contribution >= 4 is 11.9 Å². The second-order valence-corrected chi connectivity index (χ2v) is 5.73. The molecule has 0 aliphatic heterocycles. The monoisotopic (exact) mass is 242 g/mol. The van der Waals surface area contributed by atoms with Crippen LogP contribution in [0.4, 0.5) is 0 Å². The number of carbonyl (C=O) groups excluding carboxylic acids is 1. The molecular formula is C12H22N2O3. The lowest BCUT2D eigenvalue weighted by Gasteiger charge is -2.25. The molecule has 1 rings (SSSR count). The van der Waals surface area contributed by atoms with E-state index in [-0.39, 0.29) is 18.9 Å². The van der Waals surface area contributed by atoms with Crippen LogP contribution in [0.15, 0.2) is 0 Å². The number of nitrogens with one attached hydrogen (secondary N) is 1. The number of nitrogens with two attached hydrogens (primary N) is 1. The SMILES string of the molecule is CC(C)(N)CC(=O)NCC1(C(=O)O)CCCC1. The molecule has 1 aliphatic carbocycles. The maximum Gasteiger partial charge on any atom is 0.311 e. The van der Waals surface area contributed by atoms with Crippen molar-refractivity contribution in [1.82, 2.24) is 5.32 Å². The van der Waals surface area contributed by atoms with E-state index in [4.69, 9.17) is 5.73 Å². The van der Waals surface area contributed by atoms with Crippen molar-refractivity contribution in [3.63, 3.8) is 0 Å². The molecule has 4 N–H and O–H groups in total. The molecule has 1 amide bonds. The van der Waals surface area contributed by atoms with E-state index in [1.807, 2.05) is 0 Å². The fraction of sp³-hybridized carbons (Fsp3) is 0.833. The Kier molecular flexibility index (Phi) is 4.14. The lowest BCUT2D eigenvalue weighted by atomic mass is 9.86. The van der Waals surface area contributed by atoms with Gasteiger partial charge in [0.1, 0.15) is 0 Å². The summed E-state index contributed by atoms with van der Waals surface area (Å²) in [5, 5.41) is 11.9. The Bertz CT molecular complexity index is 301. The normalized spacial score (nSPS) is 19.0. The fourth-order valence-corrected chi connectivity index (χ4v) is 2.26. The highest BCUT2D eigenvalue weighted by Gasteiger charge is 2.41. The number of hydrogen-bond donors (Lipinski definition) is 3. The van der Waals surface area contributed by atoms with Crippen LogP contribution in [-0.2, 0) is 9.59 Å². The zero-order valence-electron chi connectivity index (χ0n) is 10.6. The molecular weight excluding hydrogens is 220 g/mol. The van der Waals surface area contributed by atoms with Crippen molar-refractivity contribution in [2.75, 3.05) is 6.54 Å². The highest BCUT2D eigenvalue weighted by molar-refractivity contribution is 5.79. The van der Waals surface area contributed by atoms with E-state index >= 15 is 0 Å². The molecule has 1 saturated carbocycles. The number of carboxylic acids is 1. The van der Waals surface area contributed by atoms with E-state index < -0.39 is 16.9 Å². The third-order valence-corrected chi connectivity index (χ3v) is 3.25. The Morgan fingerprint density at radius 1 is 1.35 bits per heavy atom. The van der Waals surface area contributed by atoms with Crippen LogP contribution in [0.5, 0.6) is 0 Å². The second kappa shape index (κ2) is 5.04. The average Bonchev–Trinajstić information content (AvgIpc) is 2.61. The molecule has 0 aromatic carbocycles. The van der Waals surface area contributed by atoms with Gasteiger partial charge in [-0.3, -0.25) is 9.59 Å². The summed E-state index contributed by atoms with van der Waals surface area (Å²) < 4.78 is 0. The number of rotatable bonds is 5. The molecule has 98 valence electrons. The maximum absolute atomic E-state index is 11.6. The summed E-state index contributed by atoms with van der Waals surface area (Å²) in [5.74, 6) is -0.979. The van der Waals surface area contributed by atoms with Gasteiger partial charge < -0.3 is 16.2 Å². The van der Waals surface area contributed by atoms with Crippen LogP contribution in [0.3, 0.4) is 0 Å². The molecule has 0 heterocycles. The Balaban J connectivity index is 2.48. The smallest absolute Gasteiger partial charge is 0.311 e. The fourth-order valence-electron chi connectivity index (χ4n) is 2.26. The highest BCUT2D eigenvalue weighted by Crippen LogP contribution is 2.37. The molecule has 0 saturated heterocycles. The predicted molar refractivity (Wildman–Crippen MR) is 64.4 cm³/mol. The van der Waals surface area contributed by atoms with Crippen LogP contribution in [0.2, 0.25) is 0 Å². The van der Waals surface area contributed by atoms with Gasteiger partial charge >= 0.3 is 5.97 Å². The molecule has 0 bridgehead atoms. The van der Waals surface area contributed by atoms with Gasteiger partial charge in [0.2, 0.25) is 5.91 Å². The van der Waals surface area contributed by atoms with Gasteiger partial charge in [0, 0.05) is 18.5 Å². The molecule has 0 aromatic heterocycles. The van der Waals surface area contributed by atoms with Crippen LogP contribution >= 0.6 is 0 Å². The van der Waals surface area contributed by atoms with Crippen LogP contribution in [0, 0.1) is 5.41 Å². The van der Waals surface area contributed by atoms with E-state index in [1.54, 1.807) is 13.8 Å². The molecule has 0 radical (unpaired) electrons. The zero-order chi connectivity index (χ0) is 13.1. The molecule has 17 heavy (non-hydrogen) atoms. The minimum atomic E-state index is -0.803. The maximum atomic E-state index is 11.6. The zero-order valence-corrected chi connectivity index (χ0v) is 10.6. The van der Waals surface area contributed by atoms with Gasteiger partial charge in [-0.25, -0.2) is 0 Å². The van der Waals surface area contributed by atoms with Crippen LogP contribution in [-0.4, -0.2) is 29.1 Å². The van der Waals surface area contributed by atoms with E-state index in [2.05, 4.69) is 5.32 Å². The number of carboxylic acid groups (broad SMARTS) is 1. The molecule has 0 spiro atoms. The summed E-state index contributed by atoms with van der Waals surface area (Å²) in [6.45, 7) is 3.77. The van der Waals surface area contributed by atoms with Gasteiger partial charge in [0.05, 0.1) is 5.41 Å². The minimum Gasteiger partial charge on any atom is -0.481 e. The molecule has 5 nitrogen and oxygen atoms in total. The van der Waals surface area contributed by atoms with Gasteiger partial charge in [-0.1, -0.05) is 12.8 Å². The van der Waals surface area contributed by atoms with Gasteiger partial charge in [-0.05, 0) is 26.7 Å². The standard InChI is InChI=1S/C12H22N2O3/c1-11(2,13)7-9(15)14-8-12(10(16)17)5-3-4-6-12/h3-8,13H2,1-2H3,(H,14,15)(H,16,17). The Labute approximate surface area is 102 Å².